The number of anilines is 1. The van der Waals surface area contributed by atoms with Crippen molar-refractivity contribution in [2.75, 3.05) is 11.4 Å². The van der Waals surface area contributed by atoms with E-state index in [0.717, 1.165) is 15.7 Å². The molecular weight excluding hydrogens is 308 g/mol. The highest BCUT2D eigenvalue weighted by Gasteiger charge is 2.35. The minimum Gasteiger partial charge on any atom is -0.342 e. The molecule has 0 aliphatic carbocycles. The molecule has 19 heavy (non-hydrogen) atoms. The van der Waals surface area contributed by atoms with Crippen LogP contribution in [0.2, 0.25) is 0 Å². The summed E-state index contributed by atoms with van der Waals surface area (Å²) in [7, 11) is 0. The van der Waals surface area contributed by atoms with E-state index in [1.54, 1.807) is 4.90 Å². The number of piperazine rings is 1. The van der Waals surface area contributed by atoms with E-state index in [2.05, 4.69) is 21.2 Å². The van der Waals surface area contributed by atoms with Gasteiger partial charge in [-0.15, -0.1) is 0 Å². The summed E-state index contributed by atoms with van der Waals surface area (Å²) >= 11 is 3.45. The summed E-state index contributed by atoms with van der Waals surface area (Å²) in [6.07, 6.45) is 0. The van der Waals surface area contributed by atoms with Crippen LogP contribution in [0.25, 0.3) is 0 Å². The van der Waals surface area contributed by atoms with Crippen molar-refractivity contribution in [3.8, 4) is 0 Å². The third-order valence-corrected chi connectivity index (χ3v) is 4.21. The van der Waals surface area contributed by atoms with Gasteiger partial charge in [0, 0.05) is 10.2 Å². The molecule has 0 aromatic heterocycles. The molecule has 2 rings (SSSR count). The van der Waals surface area contributed by atoms with Crippen LogP contribution in [0.5, 0.6) is 0 Å². The molecule has 1 heterocycles. The highest BCUT2D eigenvalue weighted by Crippen LogP contribution is 2.28. The fourth-order valence-corrected chi connectivity index (χ4v) is 2.57. The monoisotopic (exact) mass is 324 g/mol. The molecule has 1 aliphatic rings. The van der Waals surface area contributed by atoms with E-state index in [1.165, 1.54) is 0 Å². The average Bonchev–Trinajstić information content (AvgIpc) is 2.35. The Bertz CT molecular complexity index is 528. The number of carbonyl (C=O) groups excluding carboxylic acids is 2. The zero-order valence-electron chi connectivity index (χ0n) is 11.2. The van der Waals surface area contributed by atoms with Gasteiger partial charge < -0.3 is 10.2 Å². The Kier molecular flexibility index (Phi) is 3.94. The largest absolute Gasteiger partial charge is 0.342 e. The molecule has 0 saturated carbocycles. The van der Waals surface area contributed by atoms with Crippen LogP contribution in [0.1, 0.15) is 19.4 Å². The van der Waals surface area contributed by atoms with Gasteiger partial charge >= 0.3 is 0 Å². The van der Waals surface area contributed by atoms with Gasteiger partial charge in [0.1, 0.15) is 12.6 Å². The molecule has 1 aromatic rings. The van der Waals surface area contributed by atoms with Gasteiger partial charge in [-0.05, 0) is 30.5 Å². The Morgan fingerprint density at radius 3 is 2.68 bits per heavy atom. The molecule has 5 heteroatoms. The highest BCUT2D eigenvalue weighted by atomic mass is 79.9. The maximum absolute atomic E-state index is 12.5. The Balaban J connectivity index is 2.40. The van der Waals surface area contributed by atoms with Crippen molar-refractivity contribution in [3.63, 3.8) is 0 Å². The van der Waals surface area contributed by atoms with Crippen LogP contribution in [0, 0.1) is 12.8 Å². The summed E-state index contributed by atoms with van der Waals surface area (Å²) in [5, 5.41) is 2.76. The molecular formula is C14H17BrN2O2. The van der Waals surface area contributed by atoms with Crippen molar-refractivity contribution in [2.45, 2.75) is 26.8 Å². The van der Waals surface area contributed by atoms with Crippen LogP contribution in [0.15, 0.2) is 22.7 Å². The number of halogens is 1. The van der Waals surface area contributed by atoms with E-state index in [1.807, 2.05) is 39.0 Å². The smallest absolute Gasteiger partial charge is 0.250 e. The fraction of sp³-hybridized carbons (Fsp3) is 0.429. The van der Waals surface area contributed by atoms with E-state index in [4.69, 9.17) is 0 Å². The van der Waals surface area contributed by atoms with Crippen molar-refractivity contribution in [3.05, 3.63) is 28.2 Å². The van der Waals surface area contributed by atoms with Gasteiger partial charge in [-0.2, -0.15) is 0 Å². The van der Waals surface area contributed by atoms with E-state index >= 15 is 0 Å². The molecule has 1 N–H and O–H groups in total. The molecule has 1 aromatic carbocycles. The van der Waals surface area contributed by atoms with E-state index in [0.29, 0.717) is 0 Å². The van der Waals surface area contributed by atoms with Gasteiger partial charge in [-0.1, -0.05) is 35.8 Å². The Labute approximate surface area is 121 Å². The van der Waals surface area contributed by atoms with Gasteiger partial charge in [0.2, 0.25) is 11.8 Å². The number of amides is 2. The lowest BCUT2D eigenvalue weighted by atomic mass is 10.00. The Morgan fingerprint density at radius 2 is 2.05 bits per heavy atom. The SMILES string of the molecule is Cc1c(Br)cccc1N1CC(=O)NC(C(C)C)C1=O. The highest BCUT2D eigenvalue weighted by molar-refractivity contribution is 9.10. The summed E-state index contributed by atoms with van der Waals surface area (Å²) in [6.45, 7) is 5.88. The fourth-order valence-electron chi connectivity index (χ4n) is 2.21. The topological polar surface area (TPSA) is 49.4 Å². The van der Waals surface area contributed by atoms with E-state index in [-0.39, 0.29) is 24.3 Å². The number of benzene rings is 1. The van der Waals surface area contributed by atoms with Gasteiger partial charge in [0.25, 0.3) is 0 Å². The van der Waals surface area contributed by atoms with Crippen LogP contribution in [-0.2, 0) is 9.59 Å². The van der Waals surface area contributed by atoms with Gasteiger partial charge in [-0.3, -0.25) is 9.59 Å². The van der Waals surface area contributed by atoms with Crippen LogP contribution in [0.3, 0.4) is 0 Å². The van der Waals surface area contributed by atoms with Gasteiger partial charge in [0.05, 0.1) is 0 Å². The van der Waals surface area contributed by atoms with Crippen molar-refractivity contribution >= 4 is 33.4 Å². The molecule has 1 unspecified atom stereocenters. The summed E-state index contributed by atoms with van der Waals surface area (Å²) in [6, 6.07) is 5.22. The van der Waals surface area contributed by atoms with Crippen LogP contribution in [-0.4, -0.2) is 24.4 Å². The first-order chi connectivity index (χ1) is 8.91. The second kappa shape index (κ2) is 5.33. The van der Waals surface area contributed by atoms with Crippen molar-refractivity contribution < 1.29 is 9.59 Å². The summed E-state index contributed by atoms with van der Waals surface area (Å²) in [5.74, 6) is -0.0832. The number of hydrogen-bond acceptors (Lipinski definition) is 2. The first-order valence-corrected chi connectivity index (χ1v) is 7.07. The molecule has 0 radical (unpaired) electrons. The average molecular weight is 325 g/mol. The zero-order chi connectivity index (χ0) is 14.2. The van der Waals surface area contributed by atoms with Crippen LogP contribution >= 0.6 is 15.9 Å². The lowest BCUT2D eigenvalue weighted by molar-refractivity contribution is -0.132. The number of carbonyl (C=O) groups is 2. The molecule has 4 nitrogen and oxygen atoms in total. The third-order valence-electron chi connectivity index (χ3n) is 3.35. The lowest BCUT2D eigenvalue weighted by Crippen LogP contribution is -2.60. The van der Waals surface area contributed by atoms with Crippen molar-refractivity contribution in [1.82, 2.24) is 5.32 Å². The van der Waals surface area contributed by atoms with Gasteiger partial charge in [0.15, 0.2) is 0 Å². The quantitative estimate of drug-likeness (QED) is 0.907. The summed E-state index contributed by atoms with van der Waals surface area (Å²) in [5.41, 5.74) is 1.76. The molecule has 0 spiro atoms. The molecule has 1 fully saturated rings. The number of nitrogens with zero attached hydrogens (tertiary/aromatic N) is 1. The maximum atomic E-state index is 12.5. The normalized spacial score (nSPS) is 19.8. The predicted octanol–water partition coefficient (Wildman–Crippen LogP) is 2.24. The number of nitrogens with one attached hydrogen (secondary N) is 1. The van der Waals surface area contributed by atoms with Crippen molar-refractivity contribution in [2.24, 2.45) is 5.92 Å². The predicted molar refractivity (Wildman–Crippen MR) is 78.0 cm³/mol. The molecule has 102 valence electrons. The first kappa shape index (κ1) is 14.1. The number of rotatable bonds is 2. The van der Waals surface area contributed by atoms with Crippen LogP contribution < -0.4 is 10.2 Å². The zero-order valence-corrected chi connectivity index (χ0v) is 12.8. The molecule has 1 atom stereocenters. The number of hydrogen-bond donors (Lipinski definition) is 1. The summed E-state index contributed by atoms with van der Waals surface area (Å²) in [4.78, 5) is 25.8. The molecule has 1 aliphatic heterocycles. The second-order valence-corrected chi connectivity index (χ2v) is 5.95. The molecule has 0 bridgehead atoms. The van der Waals surface area contributed by atoms with E-state index < -0.39 is 6.04 Å². The third kappa shape index (κ3) is 2.66. The van der Waals surface area contributed by atoms with Crippen LogP contribution in [0.4, 0.5) is 5.69 Å². The molecule has 1 saturated heterocycles. The minimum atomic E-state index is -0.445. The van der Waals surface area contributed by atoms with E-state index in [9.17, 15) is 9.59 Å². The Hall–Kier alpha value is -1.36. The molecule has 2 amide bonds. The lowest BCUT2D eigenvalue weighted by Gasteiger charge is -2.35. The second-order valence-electron chi connectivity index (χ2n) is 5.10. The standard InChI is InChI=1S/C14H17BrN2O2/c1-8(2)13-14(19)17(7-12(18)16-13)11-6-4-5-10(15)9(11)3/h4-6,8,13H,7H2,1-3H3,(H,16,18). The summed E-state index contributed by atoms with van der Waals surface area (Å²) < 4.78 is 0.935. The first-order valence-electron chi connectivity index (χ1n) is 6.27. The Morgan fingerprint density at radius 1 is 1.37 bits per heavy atom. The van der Waals surface area contributed by atoms with Crippen molar-refractivity contribution in [1.29, 1.82) is 0 Å². The maximum Gasteiger partial charge on any atom is 0.250 e. The minimum absolute atomic E-state index is 0.0456. The van der Waals surface area contributed by atoms with Gasteiger partial charge in [-0.25, -0.2) is 0 Å².